The second-order valence-electron chi connectivity index (χ2n) is 3.25. The smallest absolute Gasteiger partial charge is 0.331 e. The third-order valence-corrected chi connectivity index (χ3v) is 2.39. The van der Waals surface area contributed by atoms with Crippen molar-refractivity contribution < 1.29 is 29.9 Å². The van der Waals surface area contributed by atoms with Gasteiger partial charge in [-0.05, 0) is 0 Å². The number of fused-ring (bicyclic) bond motifs is 1. The number of aliphatic hydroxyl groups excluding tert-OH is 3. The standard InChI is InChI=1S/C6H11NO6/c7-5-4(10)3(9)2(1-8)12-6(5,11)13-5/h2-4,8-11H,1,7H2/t2-,3-,4+,5+,6?/m1/s1. The van der Waals surface area contributed by atoms with Gasteiger partial charge in [0.25, 0.3) is 0 Å². The Balaban J connectivity index is 2.21. The maximum absolute atomic E-state index is 9.36. The summed E-state index contributed by atoms with van der Waals surface area (Å²) in [4.78, 5) is 0. The second-order valence-corrected chi connectivity index (χ2v) is 3.25. The van der Waals surface area contributed by atoms with E-state index in [0.717, 1.165) is 0 Å². The highest BCUT2D eigenvalue weighted by Gasteiger charge is 2.79. The Morgan fingerprint density at radius 3 is 2.54 bits per heavy atom. The minimum Gasteiger partial charge on any atom is -0.394 e. The van der Waals surface area contributed by atoms with Gasteiger partial charge in [0, 0.05) is 0 Å². The van der Waals surface area contributed by atoms with Crippen LogP contribution in [0.4, 0.5) is 0 Å². The van der Waals surface area contributed by atoms with Crippen LogP contribution in [0.3, 0.4) is 0 Å². The Morgan fingerprint density at radius 1 is 1.38 bits per heavy atom. The number of ether oxygens (including phenoxy) is 2. The summed E-state index contributed by atoms with van der Waals surface area (Å²) in [5.41, 5.74) is 3.57. The molecule has 0 bridgehead atoms. The maximum Gasteiger partial charge on any atom is 0.331 e. The molecule has 76 valence electrons. The molecule has 0 aromatic carbocycles. The number of rotatable bonds is 1. The molecule has 7 heteroatoms. The van der Waals surface area contributed by atoms with Crippen LogP contribution in [-0.4, -0.2) is 57.0 Å². The van der Waals surface area contributed by atoms with Crippen LogP contribution >= 0.6 is 0 Å². The van der Waals surface area contributed by atoms with E-state index in [1.807, 2.05) is 0 Å². The number of epoxide rings is 1. The molecule has 2 saturated heterocycles. The van der Waals surface area contributed by atoms with Crippen LogP contribution in [0.1, 0.15) is 0 Å². The lowest BCUT2D eigenvalue weighted by atomic mass is 9.98. The fourth-order valence-electron chi connectivity index (χ4n) is 1.44. The zero-order chi connectivity index (χ0) is 9.85. The first kappa shape index (κ1) is 9.28. The number of hydrogen-bond donors (Lipinski definition) is 5. The van der Waals surface area contributed by atoms with E-state index in [1.165, 1.54) is 0 Å². The summed E-state index contributed by atoms with van der Waals surface area (Å²) >= 11 is 0. The molecular weight excluding hydrogens is 182 g/mol. The van der Waals surface area contributed by atoms with Crippen LogP contribution < -0.4 is 5.73 Å². The highest BCUT2D eigenvalue weighted by atomic mass is 16.9. The van der Waals surface area contributed by atoms with E-state index in [9.17, 15) is 15.3 Å². The van der Waals surface area contributed by atoms with Crippen molar-refractivity contribution >= 4 is 0 Å². The van der Waals surface area contributed by atoms with E-state index < -0.39 is 36.6 Å². The lowest BCUT2D eigenvalue weighted by Crippen LogP contribution is -2.62. The Hall–Kier alpha value is -0.280. The van der Waals surface area contributed by atoms with Crippen molar-refractivity contribution in [2.45, 2.75) is 30.0 Å². The molecule has 2 rings (SSSR count). The molecule has 5 atom stereocenters. The summed E-state index contributed by atoms with van der Waals surface area (Å²) in [6.07, 6.45) is -3.96. The van der Waals surface area contributed by atoms with Crippen LogP contribution in [0.15, 0.2) is 0 Å². The first-order chi connectivity index (χ1) is 5.94. The summed E-state index contributed by atoms with van der Waals surface area (Å²) in [5, 5.41) is 36.7. The van der Waals surface area contributed by atoms with Crippen molar-refractivity contribution in [3.8, 4) is 0 Å². The van der Waals surface area contributed by atoms with Gasteiger partial charge in [-0.2, -0.15) is 0 Å². The quantitative estimate of drug-likeness (QED) is 0.272. The van der Waals surface area contributed by atoms with Gasteiger partial charge in [-0.25, -0.2) is 0 Å². The van der Waals surface area contributed by atoms with Crippen molar-refractivity contribution in [1.29, 1.82) is 0 Å². The fraction of sp³-hybridized carbons (Fsp3) is 1.00. The predicted octanol–water partition coefficient (Wildman–Crippen LogP) is -3.57. The molecule has 0 saturated carbocycles. The minimum atomic E-state index is -2.08. The molecule has 2 fully saturated rings. The Labute approximate surface area is 73.3 Å². The molecule has 13 heavy (non-hydrogen) atoms. The lowest BCUT2D eigenvalue weighted by molar-refractivity contribution is -0.274. The number of hydrogen-bond acceptors (Lipinski definition) is 7. The van der Waals surface area contributed by atoms with Gasteiger partial charge in [-0.1, -0.05) is 0 Å². The first-order valence-electron chi connectivity index (χ1n) is 3.81. The average molecular weight is 193 g/mol. The average Bonchev–Trinajstić information content (AvgIpc) is 2.64. The van der Waals surface area contributed by atoms with Crippen molar-refractivity contribution in [3.05, 3.63) is 0 Å². The van der Waals surface area contributed by atoms with Gasteiger partial charge in [-0.3, -0.25) is 10.5 Å². The van der Waals surface area contributed by atoms with Crippen LogP contribution in [0.2, 0.25) is 0 Å². The molecule has 6 N–H and O–H groups in total. The molecule has 0 aromatic rings. The molecule has 0 radical (unpaired) electrons. The first-order valence-corrected chi connectivity index (χ1v) is 3.81. The molecule has 7 nitrogen and oxygen atoms in total. The Bertz CT molecular complexity index is 237. The molecule has 0 aliphatic carbocycles. The predicted molar refractivity (Wildman–Crippen MR) is 36.9 cm³/mol. The highest BCUT2D eigenvalue weighted by Crippen LogP contribution is 2.50. The summed E-state index contributed by atoms with van der Waals surface area (Å²) < 4.78 is 9.29. The fourth-order valence-corrected chi connectivity index (χ4v) is 1.44. The zero-order valence-electron chi connectivity index (χ0n) is 6.62. The second kappa shape index (κ2) is 2.39. The summed E-state index contributed by atoms with van der Waals surface area (Å²) in [6.45, 7) is -0.542. The van der Waals surface area contributed by atoms with Crippen molar-refractivity contribution in [2.24, 2.45) is 5.73 Å². The molecule has 0 amide bonds. The summed E-state index contributed by atoms with van der Waals surface area (Å²) in [6, 6.07) is 0. The van der Waals surface area contributed by atoms with Gasteiger partial charge in [0.2, 0.25) is 5.72 Å². The number of nitrogens with two attached hydrogens (primary N) is 1. The zero-order valence-corrected chi connectivity index (χ0v) is 6.62. The highest BCUT2D eigenvalue weighted by molar-refractivity contribution is 5.11. The third kappa shape index (κ3) is 0.974. The van der Waals surface area contributed by atoms with Crippen LogP contribution in [0.5, 0.6) is 0 Å². The van der Waals surface area contributed by atoms with Crippen molar-refractivity contribution in [1.82, 2.24) is 0 Å². The Morgan fingerprint density at radius 2 is 2.00 bits per heavy atom. The van der Waals surface area contributed by atoms with Crippen LogP contribution in [0, 0.1) is 0 Å². The molecular formula is C6H11NO6. The minimum absolute atomic E-state index is 0.542. The SMILES string of the molecule is N[C@@]12OC1(O)O[C@H](CO)[C@@H](O)[C@@H]2O. The van der Waals surface area contributed by atoms with Crippen molar-refractivity contribution in [2.75, 3.05) is 6.61 Å². The van der Waals surface area contributed by atoms with Gasteiger partial charge >= 0.3 is 5.97 Å². The molecule has 1 unspecified atom stereocenters. The van der Waals surface area contributed by atoms with Crippen LogP contribution in [-0.2, 0) is 9.47 Å². The van der Waals surface area contributed by atoms with E-state index in [4.69, 9.17) is 15.6 Å². The summed E-state index contributed by atoms with van der Waals surface area (Å²) in [7, 11) is 0. The Kier molecular flexibility index (Phi) is 1.71. The molecule has 2 aliphatic rings. The third-order valence-electron chi connectivity index (χ3n) is 2.39. The van der Waals surface area contributed by atoms with E-state index in [2.05, 4.69) is 4.74 Å². The topological polar surface area (TPSA) is 129 Å². The lowest BCUT2D eigenvalue weighted by Gasteiger charge is -2.33. The molecule has 2 heterocycles. The molecule has 2 aliphatic heterocycles. The van der Waals surface area contributed by atoms with E-state index >= 15 is 0 Å². The van der Waals surface area contributed by atoms with Crippen molar-refractivity contribution in [3.63, 3.8) is 0 Å². The maximum atomic E-state index is 9.36. The van der Waals surface area contributed by atoms with E-state index in [1.54, 1.807) is 0 Å². The molecule has 0 aromatic heterocycles. The van der Waals surface area contributed by atoms with Crippen LogP contribution in [0.25, 0.3) is 0 Å². The monoisotopic (exact) mass is 193 g/mol. The molecule has 0 spiro atoms. The van der Waals surface area contributed by atoms with Gasteiger partial charge < -0.3 is 25.2 Å². The van der Waals surface area contributed by atoms with Gasteiger partial charge in [-0.15, -0.1) is 0 Å². The number of aliphatic hydroxyl groups is 4. The largest absolute Gasteiger partial charge is 0.394 e. The van der Waals surface area contributed by atoms with Gasteiger partial charge in [0.05, 0.1) is 6.61 Å². The van der Waals surface area contributed by atoms with E-state index in [0.29, 0.717) is 0 Å². The normalized spacial score (nSPS) is 60.2. The summed E-state index contributed by atoms with van der Waals surface area (Å²) in [5.74, 6) is -2.08. The van der Waals surface area contributed by atoms with Gasteiger partial charge in [0.15, 0.2) is 0 Å². The van der Waals surface area contributed by atoms with Gasteiger partial charge in [0.1, 0.15) is 18.3 Å². The van der Waals surface area contributed by atoms with E-state index in [-0.39, 0.29) is 0 Å².